The zero-order chi connectivity index (χ0) is 17.6. The van der Waals surface area contributed by atoms with Crippen LogP contribution in [0.3, 0.4) is 0 Å². The Morgan fingerprint density at radius 3 is 2.35 bits per heavy atom. The summed E-state index contributed by atoms with van der Waals surface area (Å²) >= 11 is 1.48. The highest BCUT2D eigenvalue weighted by molar-refractivity contribution is 8.00. The zero-order valence-electron chi connectivity index (χ0n) is 15.1. The van der Waals surface area contributed by atoms with Crippen LogP contribution >= 0.6 is 24.2 Å². The van der Waals surface area contributed by atoms with Crippen LogP contribution in [-0.2, 0) is 4.79 Å². The number of nitrogens with zero attached hydrogens (tertiary/aromatic N) is 2. The molecule has 1 aromatic rings. The topological polar surface area (TPSA) is 66.6 Å². The molecule has 3 rings (SSSR count). The third kappa shape index (κ3) is 5.15. The normalized spacial score (nSPS) is 17.9. The van der Waals surface area contributed by atoms with Crippen LogP contribution < -0.4 is 5.73 Å². The molecule has 2 aliphatic heterocycles. The van der Waals surface area contributed by atoms with Gasteiger partial charge in [-0.2, -0.15) is 0 Å². The Kier molecular flexibility index (Phi) is 8.25. The van der Waals surface area contributed by atoms with Crippen molar-refractivity contribution in [2.75, 3.05) is 38.5 Å². The van der Waals surface area contributed by atoms with Crippen LogP contribution in [0.2, 0.25) is 0 Å². The lowest BCUT2D eigenvalue weighted by Gasteiger charge is -2.31. The number of nitrogens with two attached hydrogens (primary N) is 1. The summed E-state index contributed by atoms with van der Waals surface area (Å²) in [6.07, 6.45) is 4.16. The quantitative estimate of drug-likeness (QED) is 0.775. The Balaban J connectivity index is 0.00000243. The fourth-order valence-corrected chi connectivity index (χ4v) is 4.46. The summed E-state index contributed by atoms with van der Waals surface area (Å²) in [5, 5.41) is 0. The molecule has 0 saturated carbocycles. The summed E-state index contributed by atoms with van der Waals surface area (Å²) in [4.78, 5) is 29.9. The van der Waals surface area contributed by atoms with Crippen molar-refractivity contribution >= 4 is 36.0 Å². The molecule has 2 N–H and O–H groups in total. The van der Waals surface area contributed by atoms with E-state index in [1.165, 1.54) is 11.8 Å². The minimum absolute atomic E-state index is 0. The largest absolute Gasteiger partial charge is 0.342 e. The molecule has 0 bridgehead atoms. The Morgan fingerprint density at radius 1 is 1.04 bits per heavy atom. The summed E-state index contributed by atoms with van der Waals surface area (Å²) in [5.74, 6) is 1.19. The third-order valence-corrected chi connectivity index (χ3v) is 6.22. The van der Waals surface area contributed by atoms with Crippen molar-refractivity contribution in [3.05, 3.63) is 29.8 Å². The molecule has 0 aromatic heterocycles. The summed E-state index contributed by atoms with van der Waals surface area (Å²) in [5.41, 5.74) is 6.45. The Labute approximate surface area is 166 Å². The second-order valence-electron chi connectivity index (χ2n) is 6.84. The predicted molar refractivity (Wildman–Crippen MR) is 108 cm³/mol. The highest BCUT2D eigenvalue weighted by Gasteiger charge is 2.25. The molecule has 0 unspecified atom stereocenters. The van der Waals surface area contributed by atoms with E-state index in [9.17, 15) is 9.59 Å². The first-order valence-electron chi connectivity index (χ1n) is 9.18. The molecule has 7 heteroatoms. The maximum Gasteiger partial charge on any atom is 0.254 e. The molecule has 2 saturated heterocycles. The molecular weight excluding hydrogens is 370 g/mol. The van der Waals surface area contributed by atoms with E-state index >= 15 is 0 Å². The van der Waals surface area contributed by atoms with Gasteiger partial charge in [0.25, 0.3) is 5.91 Å². The van der Waals surface area contributed by atoms with Gasteiger partial charge in [0.15, 0.2) is 0 Å². The number of benzene rings is 1. The average Bonchev–Trinajstić information content (AvgIpc) is 3.21. The van der Waals surface area contributed by atoms with Crippen molar-refractivity contribution in [1.82, 2.24) is 9.80 Å². The SMILES string of the molecule is Cl.NCC1CCN(C(=O)c2ccccc2SCC(=O)N2CCCC2)CC1. The van der Waals surface area contributed by atoms with E-state index in [1.54, 1.807) is 0 Å². The summed E-state index contributed by atoms with van der Waals surface area (Å²) in [6.45, 7) is 3.98. The zero-order valence-corrected chi connectivity index (χ0v) is 16.7. The minimum Gasteiger partial charge on any atom is -0.342 e. The second kappa shape index (κ2) is 10.2. The number of piperidine rings is 1. The number of carbonyl (C=O) groups is 2. The van der Waals surface area contributed by atoms with E-state index in [0.29, 0.717) is 23.8 Å². The van der Waals surface area contributed by atoms with E-state index in [2.05, 4.69) is 0 Å². The van der Waals surface area contributed by atoms with Crippen LogP contribution in [0.25, 0.3) is 0 Å². The van der Waals surface area contributed by atoms with Gasteiger partial charge in [0.1, 0.15) is 0 Å². The highest BCUT2D eigenvalue weighted by atomic mass is 35.5. The van der Waals surface area contributed by atoms with Gasteiger partial charge in [-0.25, -0.2) is 0 Å². The molecule has 2 heterocycles. The van der Waals surface area contributed by atoms with E-state index in [-0.39, 0.29) is 24.2 Å². The number of hydrogen-bond acceptors (Lipinski definition) is 4. The number of hydrogen-bond donors (Lipinski definition) is 1. The molecule has 144 valence electrons. The van der Waals surface area contributed by atoms with Crippen molar-refractivity contribution in [2.45, 2.75) is 30.6 Å². The van der Waals surface area contributed by atoms with Crippen molar-refractivity contribution in [1.29, 1.82) is 0 Å². The van der Waals surface area contributed by atoms with Gasteiger partial charge in [0, 0.05) is 31.1 Å². The first-order chi connectivity index (χ1) is 12.2. The smallest absolute Gasteiger partial charge is 0.254 e. The maximum absolute atomic E-state index is 12.9. The number of amides is 2. The summed E-state index contributed by atoms with van der Waals surface area (Å²) in [6, 6.07) is 7.65. The van der Waals surface area contributed by atoms with E-state index in [1.807, 2.05) is 34.1 Å². The molecular formula is C19H28ClN3O2S. The van der Waals surface area contributed by atoms with Gasteiger partial charge in [-0.1, -0.05) is 12.1 Å². The second-order valence-corrected chi connectivity index (χ2v) is 7.86. The number of rotatable bonds is 5. The van der Waals surface area contributed by atoms with E-state index in [4.69, 9.17) is 5.73 Å². The number of thioether (sulfide) groups is 1. The van der Waals surface area contributed by atoms with Crippen molar-refractivity contribution in [3.8, 4) is 0 Å². The summed E-state index contributed by atoms with van der Waals surface area (Å²) in [7, 11) is 0. The number of carbonyl (C=O) groups excluding carboxylic acids is 2. The standard InChI is InChI=1S/C19H27N3O2S.ClH/c20-13-15-7-11-22(12-8-15)19(24)16-5-1-2-6-17(16)25-14-18(23)21-9-3-4-10-21;/h1-2,5-6,15H,3-4,7-14,20H2;1H. The number of likely N-dealkylation sites (tertiary alicyclic amines) is 2. The molecule has 0 atom stereocenters. The lowest BCUT2D eigenvalue weighted by molar-refractivity contribution is -0.127. The van der Waals surface area contributed by atoms with Crippen molar-refractivity contribution < 1.29 is 9.59 Å². The van der Waals surface area contributed by atoms with Gasteiger partial charge >= 0.3 is 0 Å². The Hall–Kier alpha value is -1.24. The van der Waals surface area contributed by atoms with Crippen molar-refractivity contribution in [3.63, 3.8) is 0 Å². The maximum atomic E-state index is 12.9. The molecule has 0 radical (unpaired) electrons. The fourth-order valence-electron chi connectivity index (χ4n) is 3.51. The molecule has 1 aromatic carbocycles. The van der Waals surface area contributed by atoms with Crippen molar-refractivity contribution in [2.24, 2.45) is 11.7 Å². The third-order valence-electron chi connectivity index (χ3n) is 5.16. The van der Waals surface area contributed by atoms with Gasteiger partial charge in [-0.05, 0) is 50.3 Å². The van der Waals surface area contributed by atoms with Gasteiger partial charge < -0.3 is 15.5 Å². The van der Waals surface area contributed by atoms with Crippen LogP contribution in [-0.4, -0.2) is 60.1 Å². The van der Waals surface area contributed by atoms with E-state index < -0.39 is 0 Å². The van der Waals surface area contributed by atoms with Gasteiger partial charge in [-0.15, -0.1) is 24.2 Å². The molecule has 2 amide bonds. The first-order valence-corrected chi connectivity index (χ1v) is 10.2. The van der Waals surface area contributed by atoms with E-state index in [0.717, 1.165) is 56.8 Å². The van der Waals surface area contributed by atoms with Crippen LogP contribution in [0.15, 0.2) is 29.2 Å². The van der Waals surface area contributed by atoms with Crippen LogP contribution in [0.5, 0.6) is 0 Å². The highest BCUT2D eigenvalue weighted by Crippen LogP contribution is 2.26. The molecule has 0 spiro atoms. The first kappa shape index (κ1) is 21.1. The minimum atomic E-state index is 0. The number of halogens is 1. The predicted octanol–water partition coefficient (Wildman–Crippen LogP) is 2.63. The van der Waals surface area contributed by atoms with Gasteiger partial charge in [-0.3, -0.25) is 9.59 Å². The van der Waals surface area contributed by atoms with Crippen LogP contribution in [0.4, 0.5) is 0 Å². The lowest BCUT2D eigenvalue weighted by atomic mass is 9.96. The van der Waals surface area contributed by atoms with Crippen LogP contribution in [0.1, 0.15) is 36.0 Å². The fraction of sp³-hybridized carbons (Fsp3) is 0.579. The molecule has 2 aliphatic rings. The Morgan fingerprint density at radius 2 is 1.69 bits per heavy atom. The molecule has 2 fully saturated rings. The average molecular weight is 398 g/mol. The van der Waals surface area contributed by atoms with Crippen LogP contribution in [0, 0.1) is 5.92 Å². The molecule has 5 nitrogen and oxygen atoms in total. The van der Waals surface area contributed by atoms with Gasteiger partial charge in [0.05, 0.1) is 11.3 Å². The lowest BCUT2D eigenvalue weighted by Crippen LogP contribution is -2.40. The van der Waals surface area contributed by atoms with Gasteiger partial charge in [0.2, 0.25) is 5.91 Å². The molecule has 26 heavy (non-hydrogen) atoms. The monoisotopic (exact) mass is 397 g/mol. The Bertz CT molecular complexity index is 615. The molecule has 0 aliphatic carbocycles. The summed E-state index contributed by atoms with van der Waals surface area (Å²) < 4.78 is 0.